The Morgan fingerprint density at radius 2 is 0.578 bits per heavy atom. The molecule has 0 radical (unpaired) electrons. The highest BCUT2D eigenvalue weighted by Gasteiger charge is 2.19. The van der Waals surface area contributed by atoms with Gasteiger partial charge in [0.15, 0.2) is 6.10 Å². The van der Waals surface area contributed by atoms with Crippen molar-refractivity contribution in [3.8, 4) is 0 Å². The van der Waals surface area contributed by atoms with Crippen molar-refractivity contribution >= 4 is 17.9 Å². The second kappa shape index (κ2) is 52.2. The average Bonchev–Trinajstić information content (AvgIpc) is 3.29. The summed E-state index contributed by atoms with van der Waals surface area (Å²) in [5.74, 6) is -0.980. The molecular formula is C58H98O6. The molecule has 1 atom stereocenters. The molecule has 0 N–H and O–H groups in total. The number of hydrogen-bond donors (Lipinski definition) is 0. The third-order valence-electron chi connectivity index (χ3n) is 11.1. The van der Waals surface area contributed by atoms with Gasteiger partial charge in [0.05, 0.1) is 0 Å². The van der Waals surface area contributed by atoms with E-state index in [1.165, 1.54) is 109 Å². The Hall–Kier alpha value is -3.41. The zero-order chi connectivity index (χ0) is 46.5. The topological polar surface area (TPSA) is 78.9 Å². The van der Waals surface area contributed by atoms with Crippen LogP contribution in [0.15, 0.2) is 85.1 Å². The smallest absolute Gasteiger partial charge is 0.306 e. The van der Waals surface area contributed by atoms with Gasteiger partial charge in [-0.15, -0.1) is 0 Å². The summed E-state index contributed by atoms with van der Waals surface area (Å²) in [6.45, 7) is 6.51. The van der Waals surface area contributed by atoms with Gasteiger partial charge >= 0.3 is 17.9 Å². The third kappa shape index (κ3) is 49.6. The second-order valence-electron chi connectivity index (χ2n) is 17.4. The van der Waals surface area contributed by atoms with Crippen LogP contribution in [0.2, 0.25) is 0 Å². The van der Waals surface area contributed by atoms with Crippen molar-refractivity contribution in [3.63, 3.8) is 0 Å². The molecule has 0 unspecified atom stereocenters. The molecule has 0 fully saturated rings. The van der Waals surface area contributed by atoms with Crippen LogP contribution in [0.1, 0.15) is 245 Å². The van der Waals surface area contributed by atoms with Gasteiger partial charge in [0.1, 0.15) is 13.2 Å². The number of carbonyl (C=O) groups is 3. The zero-order valence-electron chi connectivity index (χ0n) is 41.8. The molecule has 0 aromatic carbocycles. The van der Waals surface area contributed by atoms with Gasteiger partial charge in [0.25, 0.3) is 0 Å². The van der Waals surface area contributed by atoms with Crippen LogP contribution in [0.3, 0.4) is 0 Å². The molecule has 0 saturated carbocycles. The Balaban J connectivity index is 4.49. The molecule has 0 spiro atoms. The van der Waals surface area contributed by atoms with Gasteiger partial charge < -0.3 is 14.2 Å². The maximum absolute atomic E-state index is 12.8. The number of rotatable bonds is 47. The van der Waals surface area contributed by atoms with Crippen LogP contribution in [0.25, 0.3) is 0 Å². The van der Waals surface area contributed by atoms with Crippen molar-refractivity contribution in [3.05, 3.63) is 85.1 Å². The fraction of sp³-hybridized carbons (Fsp3) is 0.707. The lowest BCUT2D eigenvalue weighted by molar-refractivity contribution is -0.167. The van der Waals surface area contributed by atoms with Crippen LogP contribution in [-0.2, 0) is 28.6 Å². The van der Waals surface area contributed by atoms with Gasteiger partial charge in [-0.1, -0.05) is 215 Å². The van der Waals surface area contributed by atoms with Crippen LogP contribution in [0, 0.1) is 0 Å². The molecule has 0 rings (SSSR count). The van der Waals surface area contributed by atoms with Gasteiger partial charge in [-0.3, -0.25) is 14.4 Å². The number of allylic oxidation sites excluding steroid dienone is 14. The maximum Gasteiger partial charge on any atom is 0.306 e. The average molecular weight is 891 g/mol. The summed E-state index contributed by atoms with van der Waals surface area (Å²) in [6, 6.07) is 0. The lowest BCUT2D eigenvalue weighted by atomic mass is 10.0. The largest absolute Gasteiger partial charge is 0.462 e. The van der Waals surface area contributed by atoms with Crippen LogP contribution >= 0.6 is 0 Å². The van der Waals surface area contributed by atoms with Crippen molar-refractivity contribution in [2.75, 3.05) is 13.2 Å². The lowest BCUT2D eigenvalue weighted by Gasteiger charge is -2.18. The highest BCUT2D eigenvalue weighted by atomic mass is 16.6. The van der Waals surface area contributed by atoms with E-state index in [4.69, 9.17) is 14.2 Å². The van der Waals surface area contributed by atoms with E-state index in [0.29, 0.717) is 19.3 Å². The van der Waals surface area contributed by atoms with Crippen molar-refractivity contribution in [2.24, 2.45) is 0 Å². The second-order valence-corrected chi connectivity index (χ2v) is 17.4. The molecule has 0 aromatic heterocycles. The summed E-state index contributed by atoms with van der Waals surface area (Å²) in [6.07, 6.45) is 67.1. The van der Waals surface area contributed by atoms with Crippen molar-refractivity contribution in [2.45, 2.75) is 252 Å². The van der Waals surface area contributed by atoms with Crippen LogP contribution in [-0.4, -0.2) is 37.2 Å². The predicted octanol–water partition coefficient (Wildman–Crippen LogP) is 17.6. The minimum absolute atomic E-state index is 0.104. The van der Waals surface area contributed by atoms with Crippen molar-refractivity contribution in [1.29, 1.82) is 0 Å². The van der Waals surface area contributed by atoms with Gasteiger partial charge in [-0.25, -0.2) is 0 Å². The van der Waals surface area contributed by atoms with E-state index in [2.05, 4.69) is 106 Å². The standard InChI is InChI=1S/C58H98O6/c1-4-7-10-13-16-19-22-25-27-29-31-33-36-38-41-44-47-50-56(59)62-53-55(64-58(61)52-49-46-43-40-35-24-21-18-15-12-9-6-3)54-63-57(60)51-48-45-42-39-37-34-32-30-28-26-23-20-17-14-11-8-5-2/h16-17,19-20,25-28,31-34,38,41,55H,4-15,18,21-24,29-30,35-37,39-40,42-54H2,1-3H3/b19-16-,20-17-,27-25-,28-26-,33-31-,34-32-,41-38-/t55-/m1/s1. The molecule has 0 aliphatic carbocycles. The monoisotopic (exact) mass is 891 g/mol. The molecule has 0 amide bonds. The van der Waals surface area contributed by atoms with Gasteiger partial charge in [-0.05, 0) is 96.3 Å². The Labute approximate surface area is 395 Å². The molecule has 6 nitrogen and oxygen atoms in total. The number of hydrogen-bond acceptors (Lipinski definition) is 6. The summed E-state index contributed by atoms with van der Waals surface area (Å²) in [5.41, 5.74) is 0. The van der Waals surface area contributed by atoms with Crippen LogP contribution < -0.4 is 0 Å². The van der Waals surface area contributed by atoms with Gasteiger partial charge in [0.2, 0.25) is 0 Å². The van der Waals surface area contributed by atoms with E-state index in [9.17, 15) is 14.4 Å². The highest BCUT2D eigenvalue weighted by molar-refractivity contribution is 5.71. The molecule has 0 aliphatic heterocycles. The Kier molecular flexibility index (Phi) is 49.4. The van der Waals surface area contributed by atoms with E-state index in [1.807, 2.05) is 0 Å². The third-order valence-corrected chi connectivity index (χ3v) is 11.1. The van der Waals surface area contributed by atoms with Gasteiger partial charge in [-0.2, -0.15) is 0 Å². The van der Waals surface area contributed by atoms with Crippen LogP contribution in [0.4, 0.5) is 0 Å². The lowest BCUT2D eigenvalue weighted by Crippen LogP contribution is -2.30. The summed E-state index contributed by atoms with van der Waals surface area (Å²) in [4.78, 5) is 38.0. The fourth-order valence-electron chi connectivity index (χ4n) is 7.09. The van der Waals surface area contributed by atoms with Crippen LogP contribution in [0.5, 0.6) is 0 Å². The molecule has 0 aromatic rings. The molecular weight excluding hydrogens is 793 g/mol. The van der Waals surface area contributed by atoms with E-state index < -0.39 is 6.10 Å². The van der Waals surface area contributed by atoms with E-state index >= 15 is 0 Å². The van der Waals surface area contributed by atoms with Gasteiger partial charge in [0, 0.05) is 19.3 Å². The molecule has 6 heteroatoms. The normalized spacial score (nSPS) is 12.7. The first kappa shape index (κ1) is 60.6. The predicted molar refractivity (Wildman–Crippen MR) is 274 cm³/mol. The fourth-order valence-corrected chi connectivity index (χ4v) is 7.09. The number of ether oxygens (including phenoxy) is 3. The Morgan fingerprint density at radius 1 is 0.312 bits per heavy atom. The molecule has 366 valence electrons. The summed E-state index contributed by atoms with van der Waals surface area (Å²) >= 11 is 0. The molecule has 0 bridgehead atoms. The van der Waals surface area contributed by atoms with E-state index in [-0.39, 0.29) is 37.5 Å². The number of esters is 3. The quantitative estimate of drug-likeness (QED) is 0.0262. The molecule has 64 heavy (non-hydrogen) atoms. The van der Waals surface area contributed by atoms with E-state index in [0.717, 1.165) is 89.9 Å². The molecule has 0 aliphatic rings. The van der Waals surface area contributed by atoms with E-state index in [1.54, 1.807) is 0 Å². The first-order valence-electron chi connectivity index (χ1n) is 26.6. The zero-order valence-corrected chi connectivity index (χ0v) is 41.8. The Bertz CT molecular complexity index is 1250. The Morgan fingerprint density at radius 3 is 0.969 bits per heavy atom. The number of unbranched alkanes of at least 4 members (excludes halogenated alkanes) is 22. The van der Waals surface area contributed by atoms with Crippen molar-refractivity contribution < 1.29 is 28.6 Å². The first-order chi connectivity index (χ1) is 31.5. The SMILES string of the molecule is CCCCC/C=C\C/C=C\C/C=C\C/C=C\CCCC(=O)OC[C@H](COC(=O)CCCCCC/C=C\C/C=C\C/C=C\CCCCC)OC(=O)CCCCCCCCCCCCCC. The minimum Gasteiger partial charge on any atom is -0.462 e. The number of carbonyl (C=O) groups excluding carboxylic acids is 3. The van der Waals surface area contributed by atoms with Crippen molar-refractivity contribution in [1.82, 2.24) is 0 Å². The summed E-state index contributed by atoms with van der Waals surface area (Å²) < 4.78 is 16.7. The molecule has 0 saturated heterocycles. The highest BCUT2D eigenvalue weighted by Crippen LogP contribution is 2.14. The first-order valence-corrected chi connectivity index (χ1v) is 26.6. The molecule has 0 heterocycles. The minimum atomic E-state index is -0.806. The maximum atomic E-state index is 12.8. The summed E-state index contributed by atoms with van der Waals surface area (Å²) in [7, 11) is 0. The summed E-state index contributed by atoms with van der Waals surface area (Å²) in [5, 5.41) is 0.